The van der Waals surface area contributed by atoms with E-state index in [0.29, 0.717) is 48.6 Å². The Kier molecular flexibility index (Phi) is 52.0. The van der Waals surface area contributed by atoms with Gasteiger partial charge in [-0.15, -0.1) is 26.3 Å². The molecule has 0 radical (unpaired) electrons. The van der Waals surface area contributed by atoms with Crippen molar-refractivity contribution in [2.24, 2.45) is 0 Å². The summed E-state index contributed by atoms with van der Waals surface area (Å²) in [7, 11) is -8.76. The fraction of sp³-hybridized carbons (Fsp3) is 0.564. The van der Waals surface area contributed by atoms with Crippen LogP contribution in [-0.2, 0) is 106 Å². The van der Waals surface area contributed by atoms with E-state index in [1.807, 2.05) is 0 Å². The zero-order valence-electron chi connectivity index (χ0n) is 72.0. The van der Waals surface area contributed by atoms with E-state index in [0.717, 1.165) is 35.5 Å². The second-order valence-electron chi connectivity index (χ2n) is 30.6. The second kappa shape index (κ2) is 54.8. The Labute approximate surface area is 702 Å². The molecule has 14 atom stereocenters. The molecule has 0 bridgehead atoms. The summed E-state index contributed by atoms with van der Waals surface area (Å²) in [5.74, 6) is -5.98. The number of esters is 4. The van der Waals surface area contributed by atoms with Crippen LogP contribution in [-0.4, -0.2) is 271 Å². The molecule has 0 saturated carbocycles. The number of ether oxygens (including phenoxy) is 4. The van der Waals surface area contributed by atoms with Gasteiger partial charge in [-0.2, -0.15) is 4.31 Å². The maximum Gasteiger partial charge on any atom is 0.344 e. The van der Waals surface area contributed by atoms with E-state index < -0.39 is 206 Å². The number of carboxylic acids is 1. The van der Waals surface area contributed by atoms with Crippen LogP contribution < -0.4 is 42.5 Å². The number of aliphatic carboxylic acids is 1. The summed E-state index contributed by atoms with van der Waals surface area (Å²) in [6.45, 7) is 48.3. The zero-order chi connectivity index (χ0) is 93.8. The molecule has 0 aromatic heterocycles. The number of nitro benzene ring substituents is 2. The van der Waals surface area contributed by atoms with Gasteiger partial charge in [0.25, 0.3) is 21.4 Å². The van der Waals surface area contributed by atoms with Crippen LogP contribution in [0.15, 0.2) is 109 Å². The summed E-state index contributed by atoms with van der Waals surface area (Å²) >= 11 is 0. The molecule has 2 amide bonds. The largest absolute Gasteiger partial charge is 0.479 e. The molecule has 0 aliphatic rings. The maximum absolute atomic E-state index is 13.3. The molecule has 0 saturated heterocycles. The monoisotopic (exact) mass is 1740 g/mol. The fourth-order valence-corrected chi connectivity index (χ4v) is 12.7. The summed E-state index contributed by atoms with van der Waals surface area (Å²) in [5, 5.41) is 53.5. The molecule has 40 nitrogen and oxygen atoms in total. The summed E-state index contributed by atoms with van der Waals surface area (Å²) in [6.07, 6.45) is 5.05. The number of carbonyl (C=O) groups excluding carboxylic acids is 13. The van der Waals surface area contributed by atoms with Crippen LogP contribution in [0.25, 0.3) is 0 Å². The number of sulfone groups is 1. The van der Waals surface area contributed by atoms with Gasteiger partial charge in [-0.3, -0.25) is 77.1 Å². The van der Waals surface area contributed by atoms with Crippen LogP contribution >= 0.6 is 0 Å². The smallest absolute Gasteiger partial charge is 0.344 e. The average molecular weight is 1740 g/mol. The number of amides is 2. The predicted octanol–water partition coefficient (Wildman–Crippen LogP) is 3.04. The van der Waals surface area contributed by atoms with Crippen molar-refractivity contribution in [3.8, 4) is 0 Å². The van der Waals surface area contributed by atoms with E-state index in [1.165, 1.54) is 75.1 Å². The number of sulfonamides is 1. The van der Waals surface area contributed by atoms with Gasteiger partial charge in [0.2, 0.25) is 11.8 Å². The van der Waals surface area contributed by atoms with Gasteiger partial charge in [0.05, 0.1) is 70.0 Å². The van der Waals surface area contributed by atoms with Crippen LogP contribution in [0.1, 0.15) is 145 Å². The van der Waals surface area contributed by atoms with Crippen molar-refractivity contribution in [2.45, 2.75) is 263 Å². The van der Waals surface area contributed by atoms with E-state index in [9.17, 15) is 109 Å². The summed E-state index contributed by atoms with van der Waals surface area (Å²) < 4.78 is 73.6. The fourth-order valence-electron chi connectivity index (χ4n) is 9.45. The summed E-state index contributed by atoms with van der Waals surface area (Å²) in [4.78, 5) is 184. The number of para-hydroxylation sites is 2. The minimum atomic E-state index is -4.55. The number of rotatable bonds is 47. The van der Waals surface area contributed by atoms with Crippen LogP contribution in [0.3, 0.4) is 0 Å². The lowest BCUT2D eigenvalue weighted by Crippen LogP contribution is -2.61. The highest BCUT2D eigenvalue weighted by Crippen LogP contribution is 2.29. The van der Waals surface area contributed by atoms with Crippen LogP contribution in [0, 0.1) is 20.2 Å². The Balaban J connectivity index is -0.00000144. The standard InChI is InChI=1S/C18H25N3O7S.C18H31N3O5.C16H22N2O7S.C14H23N3O5.C12H22N2O3/c1-6-11-20(16(19-13(2)12-22)17(23)28-18(3,4)5)29(26,27)15-10-8-7-9-14(15)21(24)25;1-8-9-21(16(24)14(4)19-12(2)10-22)15(20-13(3)11-23)17(25)26-18(5,6)7;1-11(9-19)17-12(15(20)25-16(2,3)4)10-26(23,24)14-8-6-5-7-13(14)18(21)22;1-5-6-17(12(14(21)22)16-10(3)8-19)13(20)11(4)15-9(2)7-18;1-6-7-13-10(14-9(2)8-15)11(16)17-12(3,4)5/h6-10,12-13,16,19H,1,11H2,2-5H3;8,10-15,19-20H,1,9H2,2-7H3;5-9,11-12,17H,10H2,1-4H3;5,7-12,15-16H,1,6H2,2-4H3,(H,21,22);6,8-10,13-14H,1,7H2,2-5H3/t13-,16+;12-,13-,14+,15+;11-,12+;9-,10-,11+,12+;9-,10-/m00000/s1. The van der Waals surface area contributed by atoms with Crippen molar-refractivity contribution >= 4 is 117 Å². The first-order valence-electron chi connectivity index (χ1n) is 37.4. The normalized spacial score (nSPS) is 15.0. The third kappa shape index (κ3) is 44.7. The molecule has 0 heterocycles. The molecule has 0 aliphatic heterocycles. The van der Waals surface area contributed by atoms with Crippen molar-refractivity contribution in [1.82, 2.24) is 56.6 Å². The Bertz CT molecular complexity index is 4010. The number of aldehydes is 7. The molecule has 674 valence electrons. The lowest BCUT2D eigenvalue weighted by atomic mass is 10.2. The Morgan fingerprint density at radius 1 is 0.433 bits per heavy atom. The van der Waals surface area contributed by atoms with E-state index in [1.54, 1.807) is 124 Å². The maximum atomic E-state index is 13.3. The molecule has 2 aromatic rings. The van der Waals surface area contributed by atoms with Crippen molar-refractivity contribution in [3.63, 3.8) is 0 Å². The third-order valence-electron chi connectivity index (χ3n) is 14.5. The third-order valence-corrected chi connectivity index (χ3v) is 18.2. The number of nitro groups is 2. The molecule has 0 fully saturated rings. The highest BCUT2D eigenvalue weighted by atomic mass is 32.2. The molecule has 42 heteroatoms. The van der Waals surface area contributed by atoms with Crippen molar-refractivity contribution in [1.29, 1.82) is 0 Å². The van der Waals surface area contributed by atoms with Gasteiger partial charge in [0.15, 0.2) is 39.4 Å². The number of benzene rings is 2. The number of carboxylic acid groups (broad SMARTS) is 1. The molecule has 9 N–H and O–H groups in total. The van der Waals surface area contributed by atoms with Crippen LogP contribution in [0.4, 0.5) is 11.4 Å². The van der Waals surface area contributed by atoms with Gasteiger partial charge in [-0.05, 0) is 158 Å². The van der Waals surface area contributed by atoms with Gasteiger partial charge >= 0.3 is 29.8 Å². The first-order chi connectivity index (χ1) is 55.3. The van der Waals surface area contributed by atoms with Gasteiger partial charge in [0.1, 0.15) is 77.3 Å². The minimum absolute atomic E-state index is 0.0180. The van der Waals surface area contributed by atoms with E-state index >= 15 is 0 Å². The summed E-state index contributed by atoms with van der Waals surface area (Å²) in [5.41, 5.74) is -4.36. The topological polar surface area (TPSA) is 557 Å². The van der Waals surface area contributed by atoms with E-state index in [-0.39, 0.29) is 19.6 Å². The molecular formula is C78H123N13O27S2. The minimum Gasteiger partial charge on any atom is -0.479 e. The van der Waals surface area contributed by atoms with Gasteiger partial charge in [-0.25, -0.2) is 36.0 Å². The molecule has 0 spiro atoms. The molecule has 120 heavy (non-hydrogen) atoms. The number of hydrogen-bond donors (Lipinski definition) is 9. The van der Waals surface area contributed by atoms with Gasteiger partial charge in [0, 0.05) is 38.3 Å². The van der Waals surface area contributed by atoms with E-state index in [2.05, 4.69) is 68.9 Å². The number of hydrogen-bond acceptors (Lipinski definition) is 34. The SMILES string of the molecule is C=CCN(C(=O)[C@@H](C)N[C@@H](C)C=O)[C@@H](N[C@@H](C)C=O)C(=O)O.C=CCN(C(=O)[C@@H](C)N[C@@H](C)C=O)[C@@H](N[C@@H](C)C=O)C(=O)OC(C)(C)C.C=CCN([C@@H](N[C@@H](C)C=O)C(=O)OC(C)(C)C)S(=O)(=O)c1ccccc1[N+](=O)[O-].C=CCN[C@@H](N[C@@H](C)C=O)C(=O)OC(C)(C)C.C[C@@H](C=O)N[C@H](CS(=O)(=O)c1ccccc1[N+](=O)[O-])C(=O)OC(C)(C)C. The first kappa shape index (κ1) is 114. The Hall–Kier alpha value is -10.3. The van der Waals surface area contributed by atoms with Gasteiger partial charge in [-0.1, -0.05) is 48.6 Å². The number of nitrogens with zero attached hydrogens (tertiary/aromatic N) is 5. The molecule has 2 aromatic carbocycles. The Morgan fingerprint density at radius 3 is 1.10 bits per heavy atom. The molecule has 0 aliphatic carbocycles. The molecule has 0 unspecified atom stereocenters. The lowest BCUT2D eigenvalue weighted by molar-refractivity contribution is -0.388. The van der Waals surface area contributed by atoms with Crippen molar-refractivity contribution < 1.29 is 118 Å². The highest BCUT2D eigenvalue weighted by Gasteiger charge is 2.43. The first-order valence-corrected chi connectivity index (χ1v) is 40.5. The van der Waals surface area contributed by atoms with Crippen molar-refractivity contribution in [2.75, 3.05) is 31.9 Å². The average Bonchev–Trinajstić information content (AvgIpc) is 0.778. The highest BCUT2D eigenvalue weighted by molar-refractivity contribution is 7.91. The molecular weight excluding hydrogens is 1620 g/mol. The predicted molar refractivity (Wildman–Crippen MR) is 444 cm³/mol. The summed E-state index contributed by atoms with van der Waals surface area (Å²) in [6, 6.07) is 2.14. The number of carbonyl (C=O) groups is 14. The Morgan fingerprint density at radius 2 is 0.742 bits per heavy atom. The van der Waals surface area contributed by atoms with Crippen molar-refractivity contribution in [3.05, 3.63) is 119 Å². The zero-order valence-corrected chi connectivity index (χ0v) is 73.7. The lowest BCUT2D eigenvalue weighted by Gasteiger charge is -2.35. The van der Waals surface area contributed by atoms with Gasteiger partial charge < -0.3 is 67.4 Å². The van der Waals surface area contributed by atoms with Crippen LogP contribution in [0.2, 0.25) is 0 Å². The van der Waals surface area contributed by atoms with Crippen LogP contribution in [0.5, 0.6) is 0 Å². The van der Waals surface area contributed by atoms with E-state index in [4.69, 9.17) is 18.9 Å². The number of nitrogens with one attached hydrogen (secondary N) is 8. The quantitative estimate of drug-likeness (QED) is 0.00874. The second-order valence-corrected chi connectivity index (χ2v) is 34.5. The molecule has 2 rings (SSSR count).